The van der Waals surface area contributed by atoms with Gasteiger partial charge in [-0.05, 0) is 6.42 Å². The van der Waals surface area contributed by atoms with Crippen molar-refractivity contribution in [3.63, 3.8) is 0 Å². The minimum absolute atomic E-state index is 0.0150. The van der Waals surface area contributed by atoms with E-state index in [0.29, 0.717) is 13.2 Å². The van der Waals surface area contributed by atoms with E-state index < -0.39 is 0 Å². The summed E-state index contributed by atoms with van der Waals surface area (Å²) in [4.78, 5) is 8.48. The van der Waals surface area contributed by atoms with Crippen LogP contribution in [0.2, 0.25) is 0 Å². The van der Waals surface area contributed by atoms with Crippen molar-refractivity contribution >= 4 is 11.8 Å². The molecule has 4 N–H and O–H groups in total. The second kappa shape index (κ2) is 6.68. The van der Waals surface area contributed by atoms with Crippen LogP contribution >= 0.6 is 0 Å². The molecule has 0 fully saturated rings. The van der Waals surface area contributed by atoms with Crippen LogP contribution in [0.25, 0.3) is 0 Å². The summed E-state index contributed by atoms with van der Waals surface area (Å²) in [6, 6.07) is 0.0150. The zero-order valence-electron chi connectivity index (χ0n) is 11.4. The zero-order valence-corrected chi connectivity index (χ0v) is 11.4. The highest BCUT2D eigenvalue weighted by Gasteiger charge is 2.19. The molecule has 6 nitrogen and oxygen atoms in total. The Labute approximate surface area is 113 Å². The van der Waals surface area contributed by atoms with E-state index in [1.807, 2.05) is 0 Å². The molecule has 1 atom stereocenters. The van der Waals surface area contributed by atoms with Gasteiger partial charge in [-0.25, -0.2) is 4.98 Å². The fraction of sp³-hybridized carbons (Fsp3) is 0.692. The maximum atomic E-state index is 9.43. The molecule has 1 aliphatic rings. The Morgan fingerprint density at radius 3 is 3.05 bits per heavy atom. The zero-order chi connectivity index (χ0) is 13.7. The van der Waals surface area contributed by atoms with Crippen molar-refractivity contribution in [1.82, 2.24) is 9.97 Å². The van der Waals surface area contributed by atoms with Gasteiger partial charge in [0.1, 0.15) is 5.82 Å². The Morgan fingerprint density at radius 1 is 1.47 bits per heavy atom. The van der Waals surface area contributed by atoms with E-state index in [0.717, 1.165) is 42.8 Å². The predicted octanol–water partition coefficient (Wildman–Crippen LogP) is 1.09. The maximum Gasteiger partial charge on any atom is 0.222 e. The number of nitrogens with one attached hydrogen (secondary N) is 1. The number of aliphatic hydroxyl groups is 1. The molecular formula is C13H22N4O2. The molecule has 1 aliphatic heterocycles. The number of rotatable bonds is 6. The van der Waals surface area contributed by atoms with Gasteiger partial charge < -0.3 is 20.9 Å². The average molecular weight is 266 g/mol. The minimum Gasteiger partial charge on any atom is -0.394 e. The van der Waals surface area contributed by atoms with Gasteiger partial charge in [-0.3, -0.25) is 0 Å². The molecule has 106 valence electrons. The summed E-state index contributed by atoms with van der Waals surface area (Å²) in [5.41, 5.74) is 7.64. The summed E-state index contributed by atoms with van der Waals surface area (Å²) in [5, 5.41) is 12.7. The standard InChI is InChI=1S/C13H22N4O2/c1-2-3-4-9(7-18)15-12-10-5-6-19-8-11(10)16-13(14)17-12/h9,18H,2-8H2,1H3,(H3,14,15,16,17)/t9-/m1/s1. The number of nitrogen functional groups attached to an aromatic ring is 1. The number of hydrogen-bond acceptors (Lipinski definition) is 6. The first kappa shape index (κ1) is 14.0. The van der Waals surface area contributed by atoms with Crippen LogP contribution in [0, 0.1) is 0 Å². The highest BCUT2D eigenvalue weighted by atomic mass is 16.5. The molecule has 0 aliphatic carbocycles. The normalized spacial score (nSPS) is 15.9. The Balaban J connectivity index is 2.16. The molecule has 1 aromatic rings. The van der Waals surface area contributed by atoms with E-state index in [1.54, 1.807) is 0 Å². The van der Waals surface area contributed by atoms with Crippen LogP contribution in [0.5, 0.6) is 0 Å². The van der Waals surface area contributed by atoms with Crippen LogP contribution in [0.15, 0.2) is 0 Å². The maximum absolute atomic E-state index is 9.43. The van der Waals surface area contributed by atoms with Crippen LogP contribution in [0.4, 0.5) is 11.8 Å². The lowest BCUT2D eigenvalue weighted by Crippen LogP contribution is -2.27. The van der Waals surface area contributed by atoms with E-state index in [-0.39, 0.29) is 18.6 Å². The molecular weight excluding hydrogens is 244 g/mol. The van der Waals surface area contributed by atoms with E-state index in [4.69, 9.17) is 10.5 Å². The van der Waals surface area contributed by atoms with Crippen molar-refractivity contribution in [1.29, 1.82) is 0 Å². The van der Waals surface area contributed by atoms with E-state index >= 15 is 0 Å². The minimum atomic E-state index is 0.0150. The second-order valence-electron chi connectivity index (χ2n) is 4.82. The lowest BCUT2D eigenvalue weighted by molar-refractivity contribution is 0.107. The Bertz CT molecular complexity index is 425. The molecule has 0 saturated carbocycles. The van der Waals surface area contributed by atoms with Crippen LogP contribution in [-0.2, 0) is 17.8 Å². The number of hydrogen-bond donors (Lipinski definition) is 3. The van der Waals surface area contributed by atoms with Crippen molar-refractivity contribution in [2.24, 2.45) is 0 Å². The van der Waals surface area contributed by atoms with Crippen molar-refractivity contribution in [3.8, 4) is 0 Å². The molecule has 0 unspecified atom stereocenters. The second-order valence-corrected chi connectivity index (χ2v) is 4.82. The molecule has 2 heterocycles. The van der Waals surface area contributed by atoms with Crippen LogP contribution in [-0.4, -0.2) is 34.3 Å². The van der Waals surface area contributed by atoms with Gasteiger partial charge in [0.2, 0.25) is 5.95 Å². The van der Waals surface area contributed by atoms with Gasteiger partial charge in [-0.15, -0.1) is 0 Å². The summed E-state index contributed by atoms with van der Waals surface area (Å²) >= 11 is 0. The molecule has 0 saturated heterocycles. The first-order valence-electron chi connectivity index (χ1n) is 6.85. The van der Waals surface area contributed by atoms with Crippen LogP contribution < -0.4 is 11.1 Å². The SMILES string of the molecule is CCCC[C@H](CO)Nc1nc(N)nc2c1CCOC2. The van der Waals surface area contributed by atoms with Gasteiger partial charge >= 0.3 is 0 Å². The topological polar surface area (TPSA) is 93.3 Å². The summed E-state index contributed by atoms with van der Waals surface area (Å²) in [7, 11) is 0. The van der Waals surface area contributed by atoms with Gasteiger partial charge in [0.05, 0.1) is 31.6 Å². The predicted molar refractivity (Wildman–Crippen MR) is 73.8 cm³/mol. The van der Waals surface area contributed by atoms with E-state index in [9.17, 15) is 5.11 Å². The lowest BCUT2D eigenvalue weighted by Gasteiger charge is -2.22. The smallest absolute Gasteiger partial charge is 0.222 e. The fourth-order valence-electron chi connectivity index (χ4n) is 2.25. The number of fused-ring (bicyclic) bond motifs is 1. The van der Waals surface area contributed by atoms with Crippen molar-refractivity contribution < 1.29 is 9.84 Å². The van der Waals surface area contributed by atoms with Crippen LogP contribution in [0.3, 0.4) is 0 Å². The highest BCUT2D eigenvalue weighted by molar-refractivity contribution is 5.51. The summed E-state index contributed by atoms with van der Waals surface area (Å²) in [6.07, 6.45) is 3.88. The number of nitrogens with zero attached hydrogens (tertiary/aromatic N) is 2. The van der Waals surface area contributed by atoms with Gasteiger partial charge in [-0.2, -0.15) is 4.98 Å². The van der Waals surface area contributed by atoms with Crippen molar-refractivity contribution in [2.45, 2.75) is 45.3 Å². The van der Waals surface area contributed by atoms with E-state index in [2.05, 4.69) is 22.2 Å². The summed E-state index contributed by atoms with van der Waals surface area (Å²) in [6.45, 7) is 3.38. The third kappa shape index (κ3) is 3.54. The van der Waals surface area contributed by atoms with Crippen LogP contribution in [0.1, 0.15) is 37.4 Å². The average Bonchev–Trinajstić information content (AvgIpc) is 2.43. The first-order chi connectivity index (χ1) is 9.24. The first-order valence-corrected chi connectivity index (χ1v) is 6.85. The Kier molecular flexibility index (Phi) is 4.93. The molecule has 0 radical (unpaired) electrons. The molecule has 0 aromatic carbocycles. The number of anilines is 2. The number of aromatic nitrogens is 2. The third-order valence-electron chi connectivity index (χ3n) is 3.31. The highest BCUT2D eigenvalue weighted by Crippen LogP contribution is 2.24. The molecule has 19 heavy (non-hydrogen) atoms. The van der Waals surface area contributed by atoms with Gasteiger partial charge in [0.15, 0.2) is 0 Å². The molecule has 0 spiro atoms. The third-order valence-corrected chi connectivity index (χ3v) is 3.31. The monoisotopic (exact) mass is 266 g/mol. The Hall–Kier alpha value is -1.40. The van der Waals surface area contributed by atoms with Gasteiger partial charge in [-0.1, -0.05) is 19.8 Å². The molecule has 0 amide bonds. The number of aliphatic hydroxyl groups excluding tert-OH is 1. The van der Waals surface area contributed by atoms with Gasteiger partial charge in [0, 0.05) is 12.0 Å². The van der Waals surface area contributed by atoms with E-state index in [1.165, 1.54) is 0 Å². The fourth-order valence-corrected chi connectivity index (χ4v) is 2.25. The Morgan fingerprint density at radius 2 is 2.32 bits per heavy atom. The number of nitrogens with two attached hydrogens (primary N) is 1. The molecule has 6 heteroatoms. The summed E-state index contributed by atoms with van der Waals surface area (Å²) < 4.78 is 5.38. The molecule has 2 rings (SSSR count). The summed E-state index contributed by atoms with van der Waals surface area (Å²) in [5.74, 6) is 1.000. The number of unbranched alkanes of at least 4 members (excludes halogenated alkanes) is 1. The largest absolute Gasteiger partial charge is 0.394 e. The molecule has 1 aromatic heterocycles. The number of ether oxygens (including phenoxy) is 1. The van der Waals surface area contributed by atoms with Gasteiger partial charge in [0.25, 0.3) is 0 Å². The quantitative estimate of drug-likeness (QED) is 0.714. The van der Waals surface area contributed by atoms with Crippen molar-refractivity contribution in [2.75, 3.05) is 24.3 Å². The lowest BCUT2D eigenvalue weighted by atomic mass is 10.1. The van der Waals surface area contributed by atoms with Crippen molar-refractivity contribution in [3.05, 3.63) is 11.3 Å². The molecule has 0 bridgehead atoms.